The van der Waals surface area contributed by atoms with Gasteiger partial charge in [-0.15, -0.1) is 0 Å². The third kappa shape index (κ3) is 3.75. The van der Waals surface area contributed by atoms with Gasteiger partial charge in [0.15, 0.2) is 0 Å². The second kappa shape index (κ2) is 7.84. The van der Waals surface area contributed by atoms with E-state index >= 15 is 0 Å². The van der Waals surface area contributed by atoms with Crippen LogP contribution in [0.4, 0.5) is 15.8 Å². The van der Waals surface area contributed by atoms with Crippen molar-refractivity contribution in [2.24, 2.45) is 0 Å². The summed E-state index contributed by atoms with van der Waals surface area (Å²) >= 11 is 0. The Labute approximate surface area is 181 Å². The predicted octanol–water partition coefficient (Wildman–Crippen LogP) is 5.46. The number of hydrogen-bond acceptors (Lipinski definition) is 3. The quantitative estimate of drug-likeness (QED) is 0.577. The van der Waals surface area contributed by atoms with Gasteiger partial charge in [-0.1, -0.05) is 35.9 Å². The molecule has 0 unspecified atom stereocenters. The Kier molecular flexibility index (Phi) is 5.19. The number of amides is 2. The van der Waals surface area contributed by atoms with Crippen molar-refractivity contribution >= 4 is 28.8 Å². The van der Waals surface area contributed by atoms with Gasteiger partial charge in [-0.3, -0.25) is 9.59 Å². The molecule has 2 amide bonds. The minimum Gasteiger partial charge on any atom is -0.350 e. The Morgan fingerprint density at radius 2 is 1.45 bits per heavy atom. The van der Waals surface area contributed by atoms with Crippen LogP contribution in [0, 0.1) is 33.5 Å². The summed E-state index contributed by atoms with van der Waals surface area (Å²) in [7, 11) is 0. The molecule has 3 aromatic rings. The fraction of sp³-hybridized carbons (Fsp3) is 0.154. The molecule has 156 valence electrons. The summed E-state index contributed by atoms with van der Waals surface area (Å²) in [6, 6.07) is 16.9. The van der Waals surface area contributed by atoms with E-state index in [4.69, 9.17) is 0 Å². The van der Waals surface area contributed by atoms with Crippen LogP contribution in [0.25, 0.3) is 5.57 Å². The number of anilines is 2. The summed E-state index contributed by atoms with van der Waals surface area (Å²) < 4.78 is 13.5. The van der Waals surface area contributed by atoms with Crippen LogP contribution in [0.2, 0.25) is 0 Å². The molecule has 0 saturated carbocycles. The van der Waals surface area contributed by atoms with Crippen LogP contribution in [0.5, 0.6) is 0 Å². The number of nitrogens with zero attached hydrogens (tertiary/aromatic N) is 1. The molecule has 0 spiro atoms. The highest BCUT2D eigenvalue weighted by molar-refractivity contribution is 6.46. The van der Waals surface area contributed by atoms with Crippen LogP contribution in [0.15, 0.2) is 66.4 Å². The molecule has 0 atom stereocenters. The van der Waals surface area contributed by atoms with Gasteiger partial charge in [0.1, 0.15) is 11.5 Å². The number of benzene rings is 3. The van der Waals surface area contributed by atoms with Crippen molar-refractivity contribution in [1.29, 1.82) is 0 Å². The Morgan fingerprint density at radius 1 is 0.742 bits per heavy atom. The molecule has 0 saturated heterocycles. The second-order valence-electron chi connectivity index (χ2n) is 7.91. The number of hydrogen-bond donors (Lipinski definition) is 1. The summed E-state index contributed by atoms with van der Waals surface area (Å²) in [6.45, 7) is 7.84. The van der Waals surface area contributed by atoms with E-state index in [0.29, 0.717) is 11.3 Å². The SMILES string of the molecule is Cc1ccc(NC2=C(c3ccc(F)cc3)C(=O)N(c3ccc(C)c(C)c3)C2=O)c(C)c1. The predicted molar refractivity (Wildman–Crippen MR) is 121 cm³/mol. The van der Waals surface area contributed by atoms with Gasteiger partial charge in [-0.05, 0) is 80.3 Å². The van der Waals surface area contributed by atoms with Crippen molar-refractivity contribution in [2.75, 3.05) is 10.2 Å². The number of rotatable bonds is 4. The smallest absolute Gasteiger partial charge is 0.282 e. The molecular weight excluding hydrogens is 391 g/mol. The van der Waals surface area contributed by atoms with Gasteiger partial charge in [-0.25, -0.2) is 9.29 Å². The van der Waals surface area contributed by atoms with E-state index in [-0.39, 0.29) is 11.3 Å². The van der Waals surface area contributed by atoms with Crippen LogP contribution in [0.1, 0.15) is 27.8 Å². The Bertz CT molecular complexity index is 1240. The van der Waals surface area contributed by atoms with Gasteiger partial charge in [0.2, 0.25) is 0 Å². The third-order valence-electron chi connectivity index (χ3n) is 5.61. The van der Waals surface area contributed by atoms with E-state index in [2.05, 4.69) is 5.32 Å². The average molecular weight is 414 g/mol. The number of imide groups is 1. The molecule has 1 heterocycles. The van der Waals surface area contributed by atoms with Crippen molar-refractivity contribution in [2.45, 2.75) is 27.7 Å². The highest BCUT2D eigenvalue weighted by atomic mass is 19.1. The van der Waals surface area contributed by atoms with Gasteiger partial charge in [0, 0.05) is 5.69 Å². The Balaban J connectivity index is 1.84. The third-order valence-corrected chi connectivity index (χ3v) is 5.61. The van der Waals surface area contributed by atoms with E-state index in [1.165, 1.54) is 29.2 Å². The van der Waals surface area contributed by atoms with Gasteiger partial charge in [0.25, 0.3) is 11.8 Å². The molecule has 1 aliphatic rings. The van der Waals surface area contributed by atoms with E-state index in [0.717, 1.165) is 27.9 Å². The van der Waals surface area contributed by atoms with Crippen molar-refractivity contribution < 1.29 is 14.0 Å². The van der Waals surface area contributed by atoms with Crippen LogP contribution >= 0.6 is 0 Å². The number of halogens is 1. The summed E-state index contributed by atoms with van der Waals surface area (Å²) in [5, 5.41) is 3.18. The molecule has 0 aromatic heterocycles. The summed E-state index contributed by atoms with van der Waals surface area (Å²) in [6.07, 6.45) is 0. The van der Waals surface area contributed by atoms with Crippen LogP contribution in [-0.4, -0.2) is 11.8 Å². The number of aryl methyl sites for hydroxylation is 4. The lowest BCUT2D eigenvalue weighted by molar-refractivity contribution is -0.120. The zero-order chi connectivity index (χ0) is 22.3. The Morgan fingerprint density at radius 3 is 2.10 bits per heavy atom. The van der Waals surface area contributed by atoms with E-state index < -0.39 is 17.6 Å². The average Bonchev–Trinajstić information content (AvgIpc) is 2.97. The summed E-state index contributed by atoms with van der Waals surface area (Å²) in [5.74, 6) is -1.28. The van der Waals surface area contributed by atoms with E-state index in [9.17, 15) is 14.0 Å². The lowest BCUT2D eigenvalue weighted by Crippen LogP contribution is -2.32. The van der Waals surface area contributed by atoms with E-state index in [1.807, 2.05) is 58.0 Å². The van der Waals surface area contributed by atoms with Crippen molar-refractivity contribution in [3.05, 3.63) is 100.0 Å². The maximum Gasteiger partial charge on any atom is 0.282 e. The second-order valence-corrected chi connectivity index (χ2v) is 7.91. The highest BCUT2D eigenvalue weighted by Crippen LogP contribution is 2.35. The zero-order valence-corrected chi connectivity index (χ0v) is 17.9. The first-order chi connectivity index (χ1) is 14.8. The molecule has 0 bridgehead atoms. The largest absolute Gasteiger partial charge is 0.350 e. The fourth-order valence-electron chi connectivity index (χ4n) is 3.72. The zero-order valence-electron chi connectivity index (χ0n) is 17.9. The first-order valence-electron chi connectivity index (χ1n) is 10.1. The first kappa shape index (κ1) is 20.5. The van der Waals surface area contributed by atoms with Gasteiger partial charge < -0.3 is 5.32 Å². The lowest BCUT2D eigenvalue weighted by Gasteiger charge is -2.17. The molecule has 4 rings (SSSR count). The number of carbonyl (C=O) groups is 2. The van der Waals surface area contributed by atoms with Crippen LogP contribution in [-0.2, 0) is 9.59 Å². The molecule has 0 radical (unpaired) electrons. The molecule has 3 aromatic carbocycles. The molecule has 0 aliphatic carbocycles. The Hall–Kier alpha value is -3.73. The molecule has 0 fully saturated rings. The first-order valence-corrected chi connectivity index (χ1v) is 10.1. The number of nitrogens with one attached hydrogen (secondary N) is 1. The van der Waals surface area contributed by atoms with Crippen molar-refractivity contribution in [3.8, 4) is 0 Å². The van der Waals surface area contributed by atoms with Crippen molar-refractivity contribution in [3.63, 3.8) is 0 Å². The number of carbonyl (C=O) groups excluding carboxylic acids is 2. The molecule has 31 heavy (non-hydrogen) atoms. The van der Waals surface area contributed by atoms with Crippen LogP contribution in [0.3, 0.4) is 0 Å². The van der Waals surface area contributed by atoms with Gasteiger partial charge in [-0.2, -0.15) is 0 Å². The van der Waals surface area contributed by atoms with Crippen molar-refractivity contribution in [1.82, 2.24) is 0 Å². The summed E-state index contributed by atoms with van der Waals surface area (Å²) in [5.41, 5.74) is 6.25. The molecule has 5 heteroatoms. The fourth-order valence-corrected chi connectivity index (χ4v) is 3.72. The lowest BCUT2D eigenvalue weighted by atomic mass is 10.0. The monoisotopic (exact) mass is 414 g/mol. The standard InChI is InChI=1S/C26H23FN2O2/c1-15-5-12-22(18(4)13-15)28-24-23(19-7-9-20(27)10-8-19)25(30)29(26(24)31)21-11-6-16(2)17(3)14-21/h5-14,28H,1-4H3. The highest BCUT2D eigenvalue weighted by Gasteiger charge is 2.40. The minimum absolute atomic E-state index is 0.182. The normalized spacial score (nSPS) is 13.9. The molecule has 4 nitrogen and oxygen atoms in total. The maximum atomic E-state index is 13.5. The molecular formula is C26H23FN2O2. The van der Waals surface area contributed by atoms with Gasteiger partial charge >= 0.3 is 0 Å². The van der Waals surface area contributed by atoms with E-state index in [1.54, 1.807) is 6.07 Å². The molecule has 1 aliphatic heterocycles. The maximum absolute atomic E-state index is 13.5. The minimum atomic E-state index is -0.438. The van der Waals surface area contributed by atoms with Crippen LogP contribution < -0.4 is 10.2 Å². The van der Waals surface area contributed by atoms with Gasteiger partial charge in [0.05, 0.1) is 11.3 Å². The molecule has 1 N–H and O–H groups in total. The summed E-state index contributed by atoms with van der Waals surface area (Å²) in [4.78, 5) is 28.1. The topological polar surface area (TPSA) is 49.4 Å².